The molecule has 0 saturated carbocycles. The van der Waals surface area contributed by atoms with Crippen LogP contribution in [0.4, 0.5) is 0 Å². The topological polar surface area (TPSA) is 67.4 Å². The van der Waals surface area contributed by atoms with Gasteiger partial charge >= 0.3 is 0 Å². The lowest BCUT2D eigenvalue weighted by Crippen LogP contribution is -2.30. The van der Waals surface area contributed by atoms with Crippen molar-refractivity contribution in [1.29, 1.82) is 0 Å². The van der Waals surface area contributed by atoms with E-state index in [1.807, 2.05) is 0 Å². The SMILES string of the molecule is CC(C)CCOCCNS(=O)(=O)CCCCNC(C)C. The Morgan fingerprint density at radius 3 is 2.30 bits per heavy atom. The van der Waals surface area contributed by atoms with Crippen molar-refractivity contribution in [3.63, 3.8) is 0 Å². The monoisotopic (exact) mass is 308 g/mol. The van der Waals surface area contributed by atoms with Crippen LogP contribution in [0.2, 0.25) is 0 Å². The summed E-state index contributed by atoms with van der Waals surface area (Å²) in [6.45, 7) is 10.8. The Morgan fingerprint density at radius 2 is 1.70 bits per heavy atom. The minimum atomic E-state index is -3.14. The highest BCUT2D eigenvalue weighted by molar-refractivity contribution is 7.89. The van der Waals surface area contributed by atoms with Crippen LogP contribution in [0.5, 0.6) is 0 Å². The minimum Gasteiger partial charge on any atom is -0.380 e. The molecule has 122 valence electrons. The van der Waals surface area contributed by atoms with Gasteiger partial charge in [-0.2, -0.15) is 0 Å². The van der Waals surface area contributed by atoms with Crippen molar-refractivity contribution in [2.45, 2.75) is 53.0 Å². The Morgan fingerprint density at radius 1 is 1.00 bits per heavy atom. The highest BCUT2D eigenvalue weighted by Gasteiger charge is 2.08. The zero-order valence-electron chi connectivity index (χ0n) is 13.4. The number of hydrogen-bond acceptors (Lipinski definition) is 4. The molecule has 0 aromatic heterocycles. The van der Waals surface area contributed by atoms with Gasteiger partial charge in [-0.05, 0) is 31.7 Å². The summed E-state index contributed by atoms with van der Waals surface area (Å²) in [7, 11) is -3.14. The quantitative estimate of drug-likeness (QED) is 0.509. The lowest BCUT2D eigenvalue weighted by molar-refractivity contribution is 0.128. The van der Waals surface area contributed by atoms with E-state index in [2.05, 4.69) is 37.7 Å². The molecular formula is C14H32N2O3S. The standard InChI is InChI=1S/C14H32N2O3S/c1-13(2)7-10-19-11-9-16-20(17,18)12-6-5-8-15-14(3)4/h13-16H,5-12H2,1-4H3. The van der Waals surface area contributed by atoms with Crippen LogP contribution in [-0.2, 0) is 14.8 Å². The fourth-order valence-corrected chi connectivity index (χ4v) is 2.69. The average molecular weight is 308 g/mol. The Bertz CT molecular complexity index is 316. The lowest BCUT2D eigenvalue weighted by atomic mass is 10.1. The Balaban J connectivity index is 3.50. The van der Waals surface area contributed by atoms with Gasteiger partial charge in [0.05, 0.1) is 12.4 Å². The summed E-state index contributed by atoms with van der Waals surface area (Å²) in [5.41, 5.74) is 0. The zero-order valence-corrected chi connectivity index (χ0v) is 14.3. The maximum absolute atomic E-state index is 11.7. The van der Waals surface area contributed by atoms with Gasteiger partial charge < -0.3 is 10.1 Å². The first-order valence-electron chi connectivity index (χ1n) is 7.62. The van der Waals surface area contributed by atoms with Crippen molar-refractivity contribution >= 4 is 10.0 Å². The predicted octanol–water partition coefficient (Wildman–Crippen LogP) is 1.75. The highest BCUT2D eigenvalue weighted by Crippen LogP contribution is 1.98. The normalized spacial score (nSPS) is 12.5. The van der Waals surface area contributed by atoms with E-state index in [0.29, 0.717) is 38.1 Å². The smallest absolute Gasteiger partial charge is 0.211 e. The van der Waals surface area contributed by atoms with Crippen molar-refractivity contribution in [3.8, 4) is 0 Å². The van der Waals surface area contributed by atoms with Gasteiger partial charge in [-0.3, -0.25) is 0 Å². The number of unbranched alkanes of at least 4 members (excludes halogenated alkanes) is 1. The molecule has 0 amide bonds. The fraction of sp³-hybridized carbons (Fsp3) is 1.00. The molecule has 2 N–H and O–H groups in total. The van der Waals surface area contributed by atoms with Crippen LogP contribution < -0.4 is 10.0 Å². The molecule has 0 aliphatic rings. The van der Waals surface area contributed by atoms with Crippen molar-refractivity contribution in [3.05, 3.63) is 0 Å². The Kier molecular flexibility index (Phi) is 11.4. The van der Waals surface area contributed by atoms with Crippen LogP contribution in [0.15, 0.2) is 0 Å². The van der Waals surface area contributed by atoms with Crippen LogP contribution >= 0.6 is 0 Å². The molecule has 0 spiro atoms. The summed E-state index contributed by atoms with van der Waals surface area (Å²) in [4.78, 5) is 0. The largest absolute Gasteiger partial charge is 0.380 e. The summed E-state index contributed by atoms with van der Waals surface area (Å²) >= 11 is 0. The van der Waals surface area contributed by atoms with E-state index >= 15 is 0 Å². The molecule has 0 aromatic carbocycles. The summed E-state index contributed by atoms with van der Waals surface area (Å²) in [6, 6.07) is 0.452. The summed E-state index contributed by atoms with van der Waals surface area (Å²) in [5.74, 6) is 0.810. The molecule has 0 aliphatic heterocycles. The van der Waals surface area contributed by atoms with Crippen molar-refractivity contribution in [2.75, 3.05) is 32.1 Å². The fourth-order valence-electron chi connectivity index (χ4n) is 1.57. The van der Waals surface area contributed by atoms with Crippen LogP contribution in [-0.4, -0.2) is 46.5 Å². The van der Waals surface area contributed by atoms with Gasteiger partial charge in [0, 0.05) is 19.2 Å². The number of ether oxygens (including phenoxy) is 1. The van der Waals surface area contributed by atoms with E-state index < -0.39 is 10.0 Å². The van der Waals surface area contributed by atoms with Crippen molar-refractivity contribution < 1.29 is 13.2 Å². The maximum atomic E-state index is 11.7. The molecule has 0 aromatic rings. The van der Waals surface area contributed by atoms with Crippen LogP contribution in [0.1, 0.15) is 47.0 Å². The third-order valence-electron chi connectivity index (χ3n) is 2.80. The van der Waals surface area contributed by atoms with Crippen molar-refractivity contribution in [2.24, 2.45) is 5.92 Å². The Labute approximate surface area is 124 Å². The second kappa shape index (κ2) is 11.5. The number of sulfonamides is 1. The number of rotatable bonds is 13. The summed E-state index contributed by atoms with van der Waals surface area (Å²) in [5, 5.41) is 3.27. The average Bonchev–Trinajstić information content (AvgIpc) is 2.32. The molecule has 0 rings (SSSR count). The molecule has 20 heavy (non-hydrogen) atoms. The van der Waals surface area contributed by atoms with E-state index in [0.717, 1.165) is 19.4 Å². The second-order valence-electron chi connectivity index (χ2n) is 5.82. The Hall–Kier alpha value is -0.170. The van der Waals surface area contributed by atoms with Crippen molar-refractivity contribution in [1.82, 2.24) is 10.0 Å². The number of hydrogen-bond donors (Lipinski definition) is 2. The highest BCUT2D eigenvalue weighted by atomic mass is 32.2. The first-order chi connectivity index (χ1) is 9.33. The molecule has 6 heteroatoms. The van der Waals surface area contributed by atoms with Crippen LogP contribution in [0, 0.1) is 5.92 Å². The molecule has 0 saturated heterocycles. The lowest BCUT2D eigenvalue weighted by Gasteiger charge is -2.09. The van der Waals surface area contributed by atoms with Gasteiger partial charge in [-0.25, -0.2) is 13.1 Å². The molecule has 0 fully saturated rings. The first-order valence-corrected chi connectivity index (χ1v) is 9.27. The van der Waals surface area contributed by atoms with Gasteiger partial charge in [0.25, 0.3) is 0 Å². The molecule has 0 heterocycles. The predicted molar refractivity (Wildman–Crippen MR) is 84.4 cm³/mol. The third kappa shape index (κ3) is 14.2. The molecule has 0 radical (unpaired) electrons. The van der Waals surface area contributed by atoms with Gasteiger partial charge in [-0.15, -0.1) is 0 Å². The van der Waals surface area contributed by atoms with Gasteiger partial charge in [0.2, 0.25) is 10.0 Å². The van der Waals surface area contributed by atoms with Crippen LogP contribution in [0.3, 0.4) is 0 Å². The molecule has 5 nitrogen and oxygen atoms in total. The van der Waals surface area contributed by atoms with E-state index in [4.69, 9.17) is 4.74 Å². The van der Waals surface area contributed by atoms with Gasteiger partial charge in [-0.1, -0.05) is 27.7 Å². The molecular weight excluding hydrogens is 276 g/mol. The van der Waals surface area contributed by atoms with Gasteiger partial charge in [0.1, 0.15) is 0 Å². The molecule has 0 atom stereocenters. The molecule has 0 aliphatic carbocycles. The third-order valence-corrected chi connectivity index (χ3v) is 4.27. The minimum absolute atomic E-state index is 0.193. The van der Waals surface area contributed by atoms with Gasteiger partial charge in [0.15, 0.2) is 0 Å². The first kappa shape index (κ1) is 19.8. The van der Waals surface area contributed by atoms with E-state index in [-0.39, 0.29) is 5.75 Å². The van der Waals surface area contributed by atoms with Crippen LogP contribution in [0.25, 0.3) is 0 Å². The maximum Gasteiger partial charge on any atom is 0.211 e. The van der Waals surface area contributed by atoms with E-state index in [1.54, 1.807) is 0 Å². The molecule has 0 bridgehead atoms. The summed E-state index contributed by atoms with van der Waals surface area (Å²) in [6.07, 6.45) is 2.57. The summed E-state index contributed by atoms with van der Waals surface area (Å²) < 4.78 is 31.3. The van der Waals surface area contributed by atoms with E-state index in [9.17, 15) is 8.42 Å². The number of nitrogens with one attached hydrogen (secondary N) is 2. The zero-order chi connectivity index (χ0) is 15.4. The molecule has 0 unspecified atom stereocenters. The second-order valence-corrected chi connectivity index (χ2v) is 7.75. The van der Waals surface area contributed by atoms with E-state index in [1.165, 1.54) is 0 Å².